The maximum absolute atomic E-state index is 13.6. The van der Waals surface area contributed by atoms with Crippen LogP contribution in [0.1, 0.15) is 213 Å². The highest BCUT2D eigenvalue weighted by molar-refractivity contribution is 7.47. The third-order valence-corrected chi connectivity index (χ3v) is 12.9. The molecule has 3 amide bonds. The molecule has 1 aromatic carbocycles. The van der Waals surface area contributed by atoms with Crippen LogP contribution in [0.5, 0.6) is 5.75 Å². The Bertz CT molecular complexity index is 1510. The first-order valence-corrected chi connectivity index (χ1v) is 27.5. The molecule has 0 heterocycles. The number of amides is 3. The number of esters is 1. The molecule has 67 heavy (non-hydrogen) atoms. The number of carboxylic acid groups (broad SMARTS) is 1. The normalized spacial score (nSPS) is 13.6. The lowest BCUT2D eigenvalue weighted by Gasteiger charge is -2.22. The predicted octanol–water partition coefficient (Wildman–Crippen LogP) is 10.8. The summed E-state index contributed by atoms with van der Waals surface area (Å²) in [5.41, 5.74) is 0.509. The highest BCUT2D eigenvalue weighted by Gasteiger charge is 2.30. The molecule has 386 valence electrons. The lowest BCUT2D eigenvalue weighted by molar-refractivity contribution is -0.150. The van der Waals surface area contributed by atoms with Crippen molar-refractivity contribution in [2.75, 3.05) is 26.3 Å². The number of phenols is 1. The average Bonchev–Trinajstić information content (AvgIpc) is 3.29. The zero-order chi connectivity index (χ0) is 49.4. The number of rotatable bonds is 45. The van der Waals surface area contributed by atoms with Crippen LogP contribution in [0.4, 0.5) is 0 Å². The molecule has 1 rings (SSSR count). The average molecular weight is 968 g/mol. The monoisotopic (exact) mass is 968 g/mol. The van der Waals surface area contributed by atoms with Crippen molar-refractivity contribution in [3.05, 3.63) is 29.8 Å². The summed E-state index contributed by atoms with van der Waals surface area (Å²) in [4.78, 5) is 74.5. The van der Waals surface area contributed by atoms with E-state index in [1.807, 2.05) is 0 Å². The molecule has 0 fully saturated rings. The van der Waals surface area contributed by atoms with Gasteiger partial charge in [0.2, 0.25) is 17.7 Å². The molecule has 1 aromatic rings. The topological polar surface area (TPSA) is 227 Å². The molecule has 0 bridgehead atoms. The molecule has 4 atom stereocenters. The highest BCUT2D eigenvalue weighted by Crippen LogP contribution is 2.43. The number of nitrogens with one attached hydrogen (secondary N) is 3. The van der Waals surface area contributed by atoms with E-state index >= 15 is 0 Å². The number of carbonyl (C=O) groups is 5. The SMILES string of the molecule is CCCCCCCCCCCCCC(=O)N[C@@H](COP(=O)(O)OCCNC(=O)C(Cc1ccc(O)cc1)C(=O)O)C(=O)NCC[C@@H](CCCCCCC)OC(=O)CCCCCCCCCCC. The number of phenolic OH excluding ortho intramolecular Hbond substituents is 1. The maximum atomic E-state index is 13.6. The van der Waals surface area contributed by atoms with Crippen LogP contribution < -0.4 is 16.0 Å². The first-order valence-electron chi connectivity index (χ1n) is 26.0. The van der Waals surface area contributed by atoms with Crippen molar-refractivity contribution in [3.8, 4) is 5.75 Å². The Morgan fingerprint density at radius 3 is 1.60 bits per heavy atom. The van der Waals surface area contributed by atoms with Gasteiger partial charge in [-0.1, -0.05) is 174 Å². The third-order valence-electron chi connectivity index (χ3n) is 11.9. The van der Waals surface area contributed by atoms with Gasteiger partial charge in [0, 0.05) is 32.4 Å². The molecule has 16 heteroatoms. The first-order chi connectivity index (χ1) is 32.3. The minimum Gasteiger partial charge on any atom is -0.508 e. The first kappa shape index (κ1) is 61.5. The molecule has 0 saturated heterocycles. The van der Waals surface area contributed by atoms with Gasteiger partial charge in [0.05, 0.1) is 13.2 Å². The number of ether oxygens (including phenoxy) is 1. The van der Waals surface area contributed by atoms with Gasteiger partial charge < -0.3 is 35.8 Å². The number of aliphatic carboxylic acids is 1. The number of carboxylic acids is 1. The van der Waals surface area contributed by atoms with Gasteiger partial charge in [-0.05, 0) is 49.8 Å². The fourth-order valence-electron chi connectivity index (χ4n) is 7.77. The van der Waals surface area contributed by atoms with Gasteiger partial charge in [-0.3, -0.25) is 33.0 Å². The fraction of sp³-hybridized carbons (Fsp3) is 0.784. The molecule has 0 aliphatic heterocycles. The zero-order valence-corrected chi connectivity index (χ0v) is 42.4. The van der Waals surface area contributed by atoms with E-state index in [4.69, 9.17) is 13.8 Å². The minimum absolute atomic E-state index is 0.00667. The van der Waals surface area contributed by atoms with E-state index in [0.29, 0.717) is 31.2 Å². The van der Waals surface area contributed by atoms with E-state index in [2.05, 4.69) is 36.7 Å². The molecule has 0 aromatic heterocycles. The molecule has 6 N–H and O–H groups in total. The zero-order valence-electron chi connectivity index (χ0n) is 41.5. The van der Waals surface area contributed by atoms with Gasteiger partial charge >= 0.3 is 19.8 Å². The van der Waals surface area contributed by atoms with Crippen LogP contribution >= 0.6 is 7.82 Å². The summed E-state index contributed by atoms with van der Waals surface area (Å²) in [5, 5.41) is 26.9. The number of phosphoric ester groups is 1. The van der Waals surface area contributed by atoms with Gasteiger partial charge in [-0.2, -0.15) is 0 Å². The molecule has 0 spiro atoms. The van der Waals surface area contributed by atoms with Gasteiger partial charge in [-0.15, -0.1) is 0 Å². The summed E-state index contributed by atoms with van der Waals surface area (Å²) in [5.74, 6) is -4.99. The van der Waals surface area contributed by atoms with Crippen LogP contribution in [0, 0.1) is 5.92 Å². The number of carbonyl (C=O) groups excluding carboxylic acids is 4. The van der Waals surface area contributed by atoms with Crippen molar-refractivity contribution in [2.45, 2.75) is 226 Å². The third kappa shape index (κ3) is 34.4. The van der Waals surface area contributed by atoms with Crippen LogP contribution in [0.2, 0.25) is 0 Å². The van der Waals surface area contributed by atoms with Crippen LogP contribution in [0.3, 0.4) is 0 Å². The second-order valence-electron chi connectivity index (χ2n) is 18.0. The van der Waals surface area contributed by atoms with E-state index in [1.54, 1.807) is 0 Å². The Hall–Kier alpha value is -3.52. The van der Waals surface area contributed by atoms with Crippen molar-refractivity contribution in [3.63, 3.8) is 0 Å². The maximum Gasteiger partial charge on any atom is 0.472 e. The van der Waals surface area contributed by atoms with Crippen molar-refractivity contribution < 1.29 is 57.4 Å². The molecule has 15 nitrogen and oxygen atoms in total. The smallest absolute Gasteiger partial charge is 0.472 e. The number of benzene rings is 1. The Morgan fingerprint density at radius 1 is 0.597 bits per heavy atom. The van der Waals surface area contributed by atoms with Crippen molar-refractivity contribution in [1.82, 2.24) is 16.0 Å². The number of phosphoric acid groups is 1. The summed E-state index contributed by atoms with van der Waals surface area (Å²) < 4.78 is 29.0. The number of hydrogen-bond acceptors (Lipinski definition) is 10. The quantitative estimate of drug-likeness (QED) is 0.0155. The number of unbranched alkanes of at least 4 members (excludes halogenated alkanes) is 22. The number of hydrogen-bond donors (Lipinski definition) is 6. The van der Waals surface area contributed by atoms with Crippen LogP contribution in [0.25, 0.3) is 0 Å². The van der Waals surface area contributed by atoms with E-state index < -0.39 is 62.8 Å². The Labute approximate surface area is 403 Å². The fourth-order valence-corrected chi connectivity index (χ4v) is 8.50. The molecular weight excluding hydrogens is 878 g/mol. The second kappa shape index (κ2) is 40.4. The van der Waals surface area contributed by atoms with Crippen molar-refractivity contribution in [1.29, 1.82) is 0 Å². The summed E-state index contributed by atoms with van der Waals surface area (Å²) >= 11 is 0. The molecule has 2 unspecified atom stereocenters. The largest absolute Gasteiger partial charge is 0.508 e. The predicted molar refractivity (Wildman–Crippen MR) is 263 cm³/mol. The Balaban J connectivity index is 2.80. The lowest BCUT2D eigenvalue weighted by Crippen LogP contribution is -2.49. The number of aromatic hydroxyl groups is 1. The van der Waals surface area contributed by atoms with E-state index in [1.165, 1.54) is 101 Å². The van der Waals surface area contributed by atoms with E-state index in [0.717, 1.165) is 77.0 Å². The Kier molecular flexibility index (Phi) is 37.1. The Morgan fingerprint density at radius 2 is 1.07 bits per heavy atom. The van der Waals surface area contributed by atoms with Crippen molar-refractivity contribution >= 4 is 37.5 Å². The second-order valence-corrected chi connectivity index (χ2v) is 19.5. The van der Waals surface area contributed by atoms with Crippen molar-refractivity contribution in [2.24, 2.45) is 5.92 Å². The van der Waals surface area contributed by atoms with Crippen LogP contribution in [-0.2, 0) is 48.7 Å². The molecule has 0 aliphatic carbocycles. The van der Waals surface area contributed by atoms with E-state index in [-0.39, 0.29) is 37.6 Å². The minimum atomic E-state index is -4.82. The van der Waals surface area contributed by atoms with E-state index in [9.17, 15) is 43.6 Å². The standard InChI is InChI=1S/C51H90N3O12P/c1-4-7-10-13-15-17-18-20-21-24-27-30-47(56)54-46(41-65-67(62,63)64-39-38-53-49(58)45(51(60)61)40-42-32-34-43(55)35-33-42)50(59)52-37-36-44(29-26-23-12-9-6-3)66-48(57)31-28-25-22-19-16-14-11-8-5-2/h32-35,44-46,55H,4-31,36-41H2,1-3H3,(H,52,59)(H,53,58)(H,54,56)(H,60,61)(H,62,63)/t44-,45?,46+/m1/s1. The van der Waals surface area contributed by atoms with Gasteiger partial charge in [-0.25, -0.2) is 4.57 Å². The highest BCUT2D eigenvalue weighted by atomic mass is 31.2. The van der Waals surface area contributed by atoms with Crippen LogP contribution in [-0.4, -0.2) is 83.2 Å². The van der Waals surface area contributed by atoms with Gasteiger partial charge in [0.25, 0.3) is 0 Å². The van der Waals surface area contributed by atoms with Crippen LogP contribution in [0.15, 0.2) is 24.3 Å². The summed E-state index contributed by atoms with van der Waals surface area (Å²) in [6.45, 7) is 5.16. The molecular formula is C51H90N3O12P. The lowest BCUT2D eigenvalue weighted by atomic mass is 9.98. The van der Waals surface area contributed by atoms with Gasteiger partial charge in [0.15, 0.2) is 0 Å². The molecule has 0 saturated carbocycles. The molecule has 0 aliphatic rings. The molecule has 0 radical (unpaired) electrons. The van der Waals surface area contributed by atoms with Gasteiger partial charge in [0.1, 0.15) is 23.8 Å². The summed E-state index contributed by atoms with van der Waals surface area (Å²) in [7, 11) is -4.82. The summed E-state index contributed by atoms with van der Waals surface area (Å²) in [6, 6.07) is 4.41. The summed E-state index contributed by atoms with van der Waals surface area (Å²) in [6.07, 6.45) is 28.7.